The van der Waals surface area contributed by atoms with E-state index in [1.807, 2.05) is 24.3 Å². The number of carbonyl (C=O) groups is 1. The van der Waals surface area contributed by atoms with Crippen molar-refractivity contribution in [2.75, 3.05) is 6.61 Å². The van der Waals surface area contributed by atoms with E-state index in [-0.39, 0.29) is 1250 Å². The predicted octanol–water partition coefficient (Wildman–Crippen LogP) is 3.72. The van der Waals surface area contributed by atoms with Crippen molar-refractivity contribution in [3.05, 3.63) is 59.7 Å². The van der Waals surface area contributed by atoms with E-state index in [9.17, 15) is 4.79 Å². The van der Waals surface area contributed by atoms with E-state index < -0.39 is 0 Å². The number of carbonyl (C=O) groups excluding carboxylic acids is 1. The molecule has 2 nitrogen and oxygen atoms in total. The number of fused-ring (bicyclic) bond motifs is 3. The molecule has 1 aliphatic rings. The topological polar surface area (TPSA) is 26.3 Å². The zero-order valence-electron chi connectivity index (χ0n) is 31.7. The van der Waals surface area contributed by atoms with Crippen LogP contribution in [0.2, 0.25) is 0 Å². The SMILES string of the molecule is O=C(P)OCC1c2ccccc2-c2ccccc21.[Y].[Y].[Y].[Y].[Y].[Y].[Y].[Y].[Y].[Y].[Y].[Y].[Y].[Y].[Y].[Y].[Y].[Y].[Y].[Y].[Y].[Y].[Y].[Y].[Y].[Y].[Y].[Y].[Y].[Y].[Y].[Y].[Y].[Y].[Y].[Y].[Y].[Y]. The summed E-state index contributed by atoms with van der Waals surface area (Å²) in [6, 6.07) is 16.6. The molecule has 0 aliphatic heterocycles. The van der Waals surface area contributed by atoms with E-state index in [0.29, 0.717) is 6.61 Å². The first-order valence-electron chi connectivity index (χ1n) is 5.88. The molecule has 0 fully saturated rings. The summed E-state index contributed by atoms with van der Waals surface area (Å²) in [5.41, 5.74) is 4.67. The Morgan fingerprint density at radius 3 is 0.661 bits per heavy atom. The number of ether oxygens (including phenoxy) is 1. The van der Waals surface area contributed by atoms with Gasteiger partial charge in [-0.3, -0.25) is 0 Å². The molecule has 0 heterocycles. The van der Waals surface area contributed by atoms with Gasteiger partial charge in [0.2, 0.25) is 0 Å². The third-order valence-electron chi connectivity index (χ3n) is 3.35. The van der Waals surface area contributed by atoms with Crippen molar-refractivity contribution in [3.63, 3.8) is 0 Å². The number of hydrogen-bond donors (Lipinski definition) is 0. The van der Waals surface area contributed by atoms with Crippen molar-refractivity contribution in [2.24, 2.45) is 0 Å². The molecule has 3 rings (SSSR count). The Labute approximate surface area is 1300 Å². The quantitative estimate of drug-likeness (QED) is 0.430. The van der Waals surface area contributed by atoms with E-state index in [1.165, 1.54) is 22.3 Å². The molecule has 1 unspecified atom stereocenters. The third-order valence-corrected chi connectivity index (χ3v) is 3.52. The van der Waals surface area contributed by atoms with E-state index in [1.54, 1.807) is 0 Å². The van der Waals surface area contributed by atoms with Crippen LogP contribution in [-0.4, -0.2) is 12.3 Å². The van der Waals surface area contributed by atoms with Gasteiger partial charge in [-0.15, -0.1) is 0 Å². The fourth-order valence-electron chi connectivity index (χ4n) is 2.60. The average molecular weight is 3630 g/mol. The van der Waals surface area contributed by atoms with Crippen LogP contribution < -0.4 is 0 Å². The molecular formula is C15H13O2PY38. The Morgan fingerprint density at radius 1 is 0.339 bits per heavy atom. The van der Waals surface area contributed by atoms with E-state index >= 15 is 0 Å². The molecule has 2 aromatic rings. The van der Waals surface area contributed by atoms with Gasteiger partial charge < -0.3 is 4.74 Å². The van der Waals surface area contributed by atoms with Crippen LogP contribution >= 0.6 is 9.24 Å². The molecule has 41 heteroatoms. The van der Waals surface area contributed by atoms with Crippen LogP contribution in [0.15, 0.2) is 48.5 Å². The van der Waals surface area contributed by atoms with Gasteiger partial charge in [-0.2, -0.15) is 0 Å². The van der Waals surface area contributed by atoms with Crippen molar-refractivity contribution < 1.29 is 1250 Å². The van der Waals surface area contributed by atoms with E-state index in [0.717, 1.165) is 0 Å². The second-order valence-electron chi connectivity index (χ2n) is 4.36. The minimum atomic E-state index is -0.308. The van der Waals surface area contributed by atoms with Crippen molar-refractivity contribution in [3.8, 4) is 11.1 Å². The van der Waals surface area contributed by atoms with Gasteiger partial charge in [0.15, 0.2) is 0 Å². The Morgan fingerprint density at radius 2 is 0.500 bits per heavy atom. The fraction of sp³-hybridized carbons (Fsp3) is 0.133. The molecule has 0 spiro atoms. The van der Waals surface area contributed by atoms with Gasteiger partial charge in [0.05, 0.1) is 0 Å². The molecule has 1 aliphatic carbocycles. The van der Waals surface area contributed by atoms with Crippen molar-refractivity contribution in [1.82, 2.24) is 0 Å². The first-order valence-corrected chi connectivity index (χ1v) is 6.45. The number of hydrogen-bond acceptors (Lipinski definition) is 2. The van der Waals surface area contributed by atoms with Crippen molar-refractivity contribution in [2.45, 2.75) is 5.92 Å². The summed E-state index contributed by atoms with van der Waals surface area (Å²) in [5, 5.41) is 0. The van der Waals surface area contributed by atoms with Crippen LogP contribution in [0.4, 0.5) is 4.79 Å². The van der Waals surface area contributed by atoms with Gasteiger partial charge in [-0.25, -0.2) is 4.79 Å². The summed E-state index contributed by atoms with van der Waals surface area (Å²) in [6.45, 7) is 0.399. The van der Waals surface area contributed by atoms with Crippen LogP contribution in [0.1, 0.15) is 17.0 Å². The molecule has 204 valence electrons. The van der Waals surface area contributed by atoms with Gasteiger partial charge in [0, 0.05) is 1250 Å². The minimum absolute atomic E-state index is 0. The largest absolute Gasteiger partial charge is 0.462 e. The molecular weight excluding hydrogens is 3620 g/mol. The van der Waals surface area contributed by atoms with Crippen molar-refractivity contribution in [1.29, 1.82) is 0 Å². The summed E-state index contributed by atoms with van der Waals surface area (Å²) in [7, 11) is 2.05. The fourth-order valence-corrected chi connectivity index (χ4v) is 2.70. The summed E-state index contributed by atoms with van der Waals surface area (Å²) in [5.74, 6) is 0.155. The summed E-state index contributed by atoms with van der Waals surface area (Å²) >= 11 is 0. The second-order valence-corrected chi connectivity index (χ2v) is 4.83. The monoisotopic (exact) mass is 3630 g/mol. The average Bonchev–Trinajstić information content (AvgIpc) is 2.71. The van der Waals surface area contributed by atoms with Crippen LogP contribution in [-0.2, 0) is 1250 Å². The van der Waals surface area contributed by atoms with Crippen LogP contribution in [0.3, 0.4) is 0 Å². The van der Waals surface area contributed by atoms with Crippen LogP contribution in [0, 0.1) is 0 Å². The van der Waals surface area contributed by atoms with Gasteiger partial charge in [0.1, 0.15) is 6.61 Å². The van der Waals surface area contributed by atoms with E-state index in [2.05, 4.69) is 33.5 Å². The van der Waals surface area contributed by atoms with Gasteiger partial charge >= 0.3 is 5.71 Å². The molecule has 0 amide bonds. The minimum Gasteiger partial charge on any atom is -0.462 e. The molecule has 2 aromatic carbocycles. The number of benzene rings is 2. The molecule has 38 radical (unpaired) electrons. The van der Waals surface area contributed by atoms with Crippen molar-refractivity contribution >= 4 is 15.0 Å². The van der Waals surface area contributed by atoms with Gasteiger partial charge in [0.25, 0.3) is 0 Å². The van der Waals surface area contributed by atoms with Crippen LogP contribution in [0.25, 0.3) is 11.1 Å². The normalized spacial score (nSPS) is 4.16. The molecule has 0 aromatic heterocycles. The summed E-state index contributed by atoms with van der Waals surface area (Å²) in [6.07, 6.45) is 0. The zero-order chi connectivity index (χ0) is 12.5. The zero-order valence-corrected chi connectivity index (χ0v) is 141. The molecule has 0 bridgehead atoms. The third kappa shape index (κ3) is 131. The Kier molecular flexibility index (Phi) is 780. The molecule has 0 saturated carbocycles. The number of rotatable bonds is 2. The Balaban J connectivity index is -0.00000000310. The van der Waals surface area contributed by atoms with Gasteiger partial charge in [-0.1, -0.05) is 48.5 Å². The van der Waals surface area contributed by atoms with E-state index in [4.69, 9.17) is 4.74 Å². The Hall–Kier alpha value is 40.3. The first kappa shape index (κ1) is 241. The maximum absolute atomic E-state index is 11.0. The van der Waals surface area contributed by atoms with Gasteiger partial charge in [-0.05, 0) is 31.5 Å². The first-order chi connectivity index (χ1) is 8.77. The molecule has 0 N–H and O–H groups in total. The van der Waals surface area contributed by atoms with Crippen LogP contribution in [0.5, 0.6) is 0 Å². The summed E-state index contributed by atoms with van der Waals surface area (Å²) < 4.78 is 5.16. The molecule has 56 heavy (non-hydrogen) atoms. The Bertz CT molecular complexity index is 612. The summed E-state index contributed by atoms with van der Waals surface area (Å²) in [4.78, 5) is 11.0. The smallest absolute Gasteiger partial charge is 0.319 e. The maximum Gasteiger partial charge on any atom is 0.319 e. The second kappa shape index (κ2) is 182. The predicted molar refractivity (Wildman–Crippen MR) is 74.8 cm³/mol. The molecule has 0 saturated heterocycles. The standard InChI is InChI=1S/C15H13O2P.38Y/c16-15(18)17-9-14-12-7-3-1-5-10(12)11-6-2-4-8-13(11)14;;;;;;;;;;;;;;;;;;;;;;;;;;;;;;;;;;;;;;/h1-8,14H,9,18H2;;;;;;;;;;;;;;;;;;;;;;;;;;;;;;;;;;;;;;. The molecule has 1 atom stereocenters. The maximum atomic E-state index is 11.0.